The first kappa shape index (κ1) is 14.5. The highest BCUT2D eigenvalue weighted by molar-refractivity contribution is 6.19. The van der Waals surface area contributed by atoms with Crippen molar-refractivity contribution in [3.8, 4) is 0 Å². The molecule has 2 aliphatic carbocycles. The van der Waals surface area contributed by atoms with Gasteiger partial charge < -0.3 is 4.74 Å². The van der Waals surface area contributed by atoms with Gasteiger partial charge >= 0.3 is 6.03 Å². The Labute approximate surface area is 124 Å². The summed E-state index contributed by atoms with van der Waals surface area (Å²) in [6.07, 6.45) is 6.27. The van der Waals surface area contributed by atoms with E-state index in [1.807, 2.05) is 0 Å². The van der Waals surface area contributed by atoms with Gasteiger partial charge in [-0.15, -0.1) is 0 Å². The number of hydrogen-bond donors (Lipinski definition) is 1. The summed E-state index contributed by atoms with van der Waals surface area (Å²) in [4.78, 5) is 37.9. The van der Waals surface area contributed by atoms with Crippen molar-refractivity contribution < 1.29 is 19.1 Å². The minimum absolute atomic E-state index is 0.229. The lowest BCUT2D eigenvalue weighted by Gasteiger charge is -2.41. The van der Waals surface area contributed by atoms with Crippen LogP contribution in [0.4, 0.5) is 4.79 Å². The molecule has 1 spiro atoms. The first-order chi connectivity index (χ1) is 10.1. The molecule has 3 rings (SSSR count). The number of amides is 4. The number of carbonyl (C=O) groups excluding carboxylic acids is 3. The Morgan fingerprint density at radius 3 is 2.52 bits per heavy atom. The Morgan fingerprint density at radius 2 is 1.86 bits per heavy atom. The average molecular weight is 294 g/mol. The van der Waals surface area contributed by atoms with E-state index in [0.717, 1.165) is 19.3 Å². The quantitative estimate of drug-likeness (QED) is 0.615. The standard InChI is InChI=1S/C15H22N2O4/c18-12-15(6-2-1-3-7-15)13(19)17(14(20)16-12)8-9-21-10-11-4-5-11/h11H,1-10H2,(H,16,18,20). The van der Waals surface area contributed by atoms with Gasteiger partial charge in [-0.05, 0) is 31.6 Å². The smallest absolute Gasteiger partial charge is 0.330 e. The minimum atomic E-state index is -1.01. The molecule has 4 amide bonds. The third-order valence-electron chi connectivity index (χ3n) is 4.77. The Balaban J connectivity index is 1.62. The van der Waals surface area contributed by atoms with Crippen molar-refractivity contribution >= 4 is 17.8 Å². The van der Waals surface area contributed by atoms with Gasteiger partial charge in [0.15, 0.2) is 0 Å². The molecular formula is C15H22N2O4. The van der Waals surface area contributed by atoms with Gasteiger partial charge in [0.1, 0.15) is 5.41 Å². The topological polar surface area (TPSA) is 75.7 Å². The number of nitrogens with one attached hydrogen (secondary N) is 1. The lowest BCUT2D eigenvalue weighted by atomic mass is 9.71. The maximum absolute atomic E-state index is 12.7. The molecule has 0 unspecified atom stereocenters. The summed E-state index contributed by atoms with van der Waals surface area (Å²) in [7, 11) is 0. The van der Waals surface area contributed by atoms with Crippen LogP contribution in [-0.2, 0) is 14.3 Å². The first-order valence-corrected chi connectivity index (χ1v) is 7.89. The van der Waals surface area contributed by atoms with Crippen LogP contribution < -0.4 is 5.32 Å². The summed E-state index contributed by atoms with van der Waals surface area (Å²) in [5, 5.41) is 2.35. The average Bonchev–Trinajstić information content (AvgIpc) is 3.30. The highest BCUT2D eigenvalue weighted by Gasteiger charge is 2.53. The molecule has 0 aromatic carbocycles. The second-order valence-corrected chi connectivity index (χ2v) is 6.38. The van der Waals surface area contributed by atoms with E-state index in [2.05, 4.69) is 5.32 Å². The molecule has 6 nitrogen and oxygen atoms in total. The Bertz CT molecular complexity index is 453. The fraction of sp³-hybridized carbons (Fsp3) is 0.800. The van der Waals surface area contributed by atoms with Crippen molar-refractivity contribution in [2.45, 2.75) is 44.9 Å². The van der Waals surface area contributed by atoms with E-state index in [-0.39, 0.29) is 12.5 Å². The zero-order valence-electron chi connectivity index (χ0n) is 12.2. The molecule has 1 N–H and O–H groups in total. The molecule has 0 aromatic rings. The van der Waals surface area contributed by atoms with Crippen LogP contribution in [0.3, 0.4) is 0 Å². The van der Waals surface area contributed by atoms with Gasteiger partial charge in [-0.25, -0.2) is 4.79 Å². The first-order valence-electron chi connectivity index (χ1n) is 7.89. The Kier molecular flexibility index (Phi) is 3.97. The Morgan fingerprint density at radius 1 is 1.14 bits per heavy atom. The zero-order valence-corrected chi connectivity index (χ0v) is 12.2. The van der Waals surface area contributed by atoms with Crippen LogP contribution in [0.15, 0.2) is 0 Å². The van der Waals surface area contributed by atoms with Crippen LogP contribution >= 0.6 is 0 Å². The predicted molar refractivity (Wildman–Crippen MR) is 74.3 cm³/mol. The largest absolute Gasteiger partial charge is 0.379 e. The van der Waals surface area contributed by atoms with Crippen LogP contribution in [0.5, 0.6) is 0 Å². The molecule has 3 aliphatic rings. The number of barbiturate groups is 1. The van der Waals surface area contributed by atoms with Gasteiger partial charge in [0.05, 0.1) is 13.2 Å². The van der Waals surface area contributed by atoms with E-state index in [0.29, 0.717) is 32.0 Å². The fourth-order valence-electron chi connectivity index (χ4n) is 3.22. The molecule has 1 heterocycles. The van der Waals surface area contributed by atoms with Crippen LogP contribution in [-0.4, -0.2) is 42.5 Å². The summed E-state index contributed by atoms with van der Waals surface area (Å²) < 4.78 is 5.50. The number of hydrogen-bond acceptors (Lipinski definition) is 4. The van der Waals surface area contributed by atoms with E-state index in [4.69, 9.17) is 4.74 Å². The van der Waals surface area contributed by atoms with Crippen LogP contribution in [0.1, 0.15) is 44.9 Å². The third kappa shape index (κ3) is 2.81. The molecule has 1 saturated heterocycles. The van der Waals surface area contributed by atoms with E-state index in [9.17, 15) is 14.4 Å². The second-order valence-electron chi connectivity index (χ2n) is 6.38. The molecule has 6 heteroatoms. The monoisotopic (exact) mass is 294 g/mol. The Hall–Kier alpha value is -1.43. The number of imide groups is 2. The maximum atomic E-state index is 12.7. The lowest BCUT2D eigenvalue weighted by Crippen LogP contribution is -2.64. The molecule has 116 valence electrons. The number of carbonyl (C=O) groups is 3. The van der Waals surface area contributed by atoms with Gasteiger partial charge in [0.25, 0.3) is 0 Å². The number of nitrogens with zero attached hydrogens (tertiary/aromatic N) is 1. The molecule has 0 radical (unpaired) electrons. The zero-order chi connectivity index (χ0) is 14.9. The normalized spacial score (nSPS) is 25.3. The van der Waals surface area contributed by atoms with Gasteiger partial charge in [-0.1, -0.05) is 19.3 Å². The molecule has 21 heavy (non-hydrogen) atoms. The number of ether oxygens (including phenoxy) is 1. The predicted octanol–water partition coefficient (Wildman–Crippen LogP) is 1.44. The molecule has 0 bridgehead atoms. The summed E-state index contributed by atoms with van der Waals surface area (Å²) >= 11 is 0. The minimum Gasteiger partial charge on any atom is -0.379 e. The third-order valence-corrected chi connectivity index (χ3v) is 4.77. The van der Waals surface area contributed by atoms with E-state index in [1.165, 1.54) is 17.7 Å². The van der Waals surface area contributed by atoms with Gasteiger partial charge in [-0.3, -0.25) is 19.8 Å². The molecular weight excluding hydrogens is 272 g/mol. The van der Waals surface area contributed by atoms with Crippen LogP contribution in [0.25, 0.3) is 0 Å². The number of urea groups is 1. The van der Waals surface area contributed by atoms with Gasteiger partial charge in [0, 0.05) is 6.61 Å². The summed E-state index contributed by atoms with van der Waals surface area (Å²) in [6.45, 7) is 1.28. The van der Waals surface area contributed by atoms with E-state index < -0.39 is 17.4 Å². The molecule has 1 aliphatic heterocycles. The van der Waals surface area contributed by atoms with Crippen molar-refractivity contribution in [3.63, 3.8) is 0 Å². The van der Waals surface area contributed by atoms with Crippen molar-refractivity contribution in [1.29, 1.82) is 0 Å². The van der Waals surface area contributed by atoms with Crippen molar-refractivity contribution in [2.75, 3.05) is 19.8 Å². The van der Waals surface area contributed by atoms with E-state index >= 15 is 0 Å². The van der Waals surface area contributed by atoms with Crippen molar-refractivity contribution in [1.82, 2.24) is 10.2 Å². The molecule has 2 saturated carbocycles. The highest BCUT2D eigenvalue weighted by atomic mass is 16.5. The SMILES string of the molecule is O=C1NC(=O)C2(CCCCC2)C(=O)N1CCOCC1CC1. The maximum Gasteiger partial charge on any atom is 0.330 e. The van der Waals surface area contributed by atoms with E-state index in [1.54, 1.807) is 0 Å². The number of rotatable bonds is 5. The fourth-order valence-corrected chi connectivity index (χ4v) is 3.22. The van der Waals surface area contributed by atoms with Crippen molar-refractivity contribution in [2.24, 2.45) is 11.3 Å². The molecule has 3 fully saturated rings. The van der Waals surface area contributed by atoms with Gasteiger partial charge in [-0.2, -0.15) is 0 Å². The summed E-state index contributed by atoms with van der Waals surface area (Å²) in [6, 6.07) is -0.601. The summed E-state index contributed by atoms with van der Waals surface area (Å²) in [5.74, 6) is -0.0829. The molecule has 0 atom stereocenters. The molecule has 0 aromatic heterocycles. The van der Waals surface area contributed by atoms with Crippen molar-refractivity contribution in [3.05, 3.63) is 0 Å². The van der Waals surface area contributed by atoms with Gasteiger partial charge in [0.2, 0.25) is 11.8 Å². The highest BCUT2D eigenvalue weighted by Crippen LogP contribution is 2.40. The summed E-state index contributed by atoms with van der Waals surface area (Å²) in [5.41, 5.74) is -1.01. The van der Waals surface area contributed by atoms with Crippen LogP contribution in [0, 0.1) is 11.3 Å². The second kappa shape index (κ2) is 5.75. The van der Waals surface area contributed by atoms with Crippen LogP contribution in [0.2, 0.25) is 0 Å². The lowest BCUT2D eigenvalue weighted by molar-refractivity contribution is -0.154.